The Balaban J connectivity index is 1.96. The molecule has 0 aliphatic carbocycles. The van der Waals surface area contributed by atoms with E-state index in [2.05, 4.69) is 0 Å². The molecule has 2 aromatic rings. The third kappa shape index (κ3) is 5.06. The van der Waals surface area contributed by atoms with Crippen LogP contribution in [0.15, 0.2) is 48.5 Å². The van der Waals surface area contributed by atoms with Crippen LogP contribution in [-0.4, -0.2) is 24.3 Å². The fraction of sp³-hybridized carbons (Fsp3) is 0.316. The SMILES string of the molecule is COc1ccc(CO[C@@H](C)[C@H](Cc2ccc(F)cc2)C(=O)O)cc1. The van der Waals surface area contributed by atoms with Gasteiger partial charge >= 0.3 is 5.97 Å². The summed E-state index contributed by atoms with van der Waals surface area (Å²) in [6, 6.07) is 13.3. The van der Waals surface area contributed by atoms with Gasteiger partial charge in [-0.3, -0.25) is 4.79 Å². The van der Waals surface area contributed by atoms with Crippen molar-refractivity contribution >= 4 is 5.97 Å². The van der Waals surface area contributed by atoms with Gasteiger partial charge in [0.1, 0.15) is 11.6 Å². The second-order valence-electron chi connectivity index (χ2n) is 5.64. The highest BCUT2D eigenvalue weighted by atomic mass is 19.1. The molecule has 0 aromatic heterocycles. The topological polar surface area (TPSA) is 55.8 Å². The second-order valence-corrected chi connectivity index (χ2v) is 5.64. The summed E-state index contributed by atoms with van der Waals surface area (Å²) in [6.07, 6.45) is -0.186. The van der Waals surface area contributed by atoms with Crippen molar-refractivity contribution in [3.8, 4) is 5.75 Å². The summed E-state index contributed by atoms with van der Waals surface area (Å²) in [7, 11) is 1.60. The Kier molecular flexibility index (Phi) is 6.32. The molecular weight excluding hydrogens is 311 g/mol. The maximum Gasteiger partial charge on any atom is 0.309 e. The average molecular weight is 332 g/mol. The molecule has 4 nitrogen and oxygen atoms in total. The maximum atomic E-state index is 13.0. The number of hydrogen-bond donors (Lipinski definition) is 1. The molecule has 0 aliphatic rings. The first-order chi connectivity index (χ1) is 11.5. The van der Waals surface area contributed by atoms with Gasteiger partial charge < -0.3 is 14.6 Å². The highest BCUT2D eigenvalue weighted by molar-refractivity contribution is 5.71. The van der Waals surface area contributed by atoms with Crippen LogP contribution in [0.3, 0.4) is 0 Å². The minimum absolute atomic E-state index is 0.291. The van der Waals surface area contributed by atoms with Gasteiger partial charge in [-0.05, 0) is 48.7 Å². The largest absolute Gasteiger partial charge is 0.497 e. The number of carboxylic acids is 1. The van der Waals surface area contributed by atoms with Crippen molar-refractivity contribution in [2.45, 2.75) is 26.1 Å². The van der Waals surface area contributed by atoms with Crippen molar-refractivity contribution in [1.29, 1.82) is 0 Å². The van der Waals surface area contributed by atoms with Crippen molar-refractivity contribution in [1.82, 2.24) is 0 Å². The normalized spacial score (nSPS) is 13.3. The third-order valence-corrected chi connectivity index (χ3v) is 3.92. The van der Waals surface area contributed by atoms with Crippen molar-refractivity contribution < 1.29 is 23.8 Å². The quantitative estimate of drug-likeness (QED) is 0.801. The Morgan fingerprint density at radius 1 is 1.08 bits per heavy atom. The third-order valence-electron chi connectivity index (χ3n) is 3.92. The molecule has 1 N–H and O–H groups in total. The highest BCUT2D eigenvalue weighted by Crippen LogP contribution is 2.18. The van der Waals surface area contributed by atoms with Gasteiger partial charge in [-0.1, -0.05) is 24.3 Å². The van der Waals surface area contributed by atoms with E-state index < -0.39 is 18.0 Å². The van der Waals surface area contributed by atoms with Crippen LogP contribution in [0.4, 0.5) is 4.39 Å². The zero-order valence-electron chi connectivity index (χ0n) is 13.7. The minimum Gasteiger partial charge on any atom is -0.497 e. The Morgan fingerprint density at radius 2 is 1.67 bits per heavy atom. The lowest BCUT2D eigenvalue weighted by Crippen LogP contribution is -2.30. The molecule has 5 heteroatoms. The van der Waals surface area contributed by atoms with Crippen LogP contribution in [-0.2, 0) is 22.6 Å². The molecule has 0 spiro atoms. The Labute approximate surface area is 140 Å². The Hall–Kier alpha value is -2.40. The summed E-state index contributed by atoms with van der Waals surface area (Å²) < 4.78 is 23.8. The summed E-state index contributed by atoms with van der Waals surface area (Å²) in [6.45, 7) is 2.06. The summed E-state index contributed by atoms with van der Waals surface area (Å²) >= 11 is 0. The lowest BCUT2D eigenvalue weighted by Gasteiger charge is -2.21. The van der Waals surface area contributed by atoms with Crippen molar-refractivity contribution in [3.63, 3.8) is 0 Å². The first-order valence-electron chi connectivity index (χ1n) is 7.71. The van der Waals surface area contributed by atoms with Gasteiger partial charge in [-0.2, -0.15) is 0 Å². The van der Waals surface area contributed by atoms with E-state index in [9.17, 15) is 14.3 Å². The van der Waals surface area contributed by atoms with Gasteiger partial charge in [0.25, 0.3) is 0 Å². The van der Waals surface area contributed by atoms with E-state index in [4.69, 9.17) is 9.47 Å². The first-order valence-corrected chi connectivity index (χ1v) is 7.71. The van der Waals surface area contributed by atoms with Gasteiger partial charge in [-0.15, -0.1) is 0 Å². The van der Waals surface area contributed by atoms with Crippen molar-refractivity contribution in [3.05, 3.63) is 65.5 Å². The molecule has 2 atom stereocenters. The average Bonchev–Trinajstić information content (AvgIpc) is 2.59. The molecule has 2 aromatic carbocycles. The predicted octanol–water partition coefficient (Wildman–Crippen LogP) is 3.68. The number of hydrogen-bond acceptors (Lipinski definition) is 3. The van der Waals surface area contributed by atoms with Gasteiger partial charge in [0.15, 0.2) is 0 Å². The first kappa shape index (κ1) is 17.9. The van der Waals surface area contributed by atoms with E-state index in [0.717, 1.165) is 16.9 Å². The monoisotopic (exact) mass is 332 g/mol. The van der Waals surface area contributed by atoms with Crippen LogP contribution in [0.25, 0.3) is 0 Å². The summed E-state index contributed by atoms with van der Waals surface area (Å²) in [5.74, 6) is -1.21. The maximum absolute atomic E-state index is 13.0. The number of carbonyl (C=O) groups is 1. The molecule has 2 rings (SSSR count). The minimum atomic E-state index is -0.929. The Bertz CT molecular complexity index is 652. The molecule has 0 fully saturated rings. The number of ether oxygens (including phenoxy) is 2. The lowest BCUT2D eigenvalue weighted by atomic mass is 9.95. The van der Waals surface area contributed by atoms with Crippen molar-refractivity contribution in [2.75, 3.05) is 7.11 Å². The van der Waals surface area contributed by atoms with E-state index in [1.165, 1.54) is 12.1 Å². The highest BCUT2D eigenvalue weighted by Gasteiger charge is 2.25. The number of carboxylic acid groups (broad SMARTS) is 1. The number of methoxy groups -OCH3 is 1. The van der Waals surface area contributed by atoms with E-state index in [-0.39, 0.29) is 5.82 Å². The smallest absolute Gasteiger partial charge is 0.309 e. The second kappa shape index (κ2) is 8.45. The molecule has 0 amide bonds. The van der Waals surface area contributed by atoms with Crippen LogP contribution in [0, 0.1) is 11.7 Å². The number of rotatable bonds is 8. The number of benzene rings is 2. The molecule has 0 saturated heterocycles. The van der Waals surface area contributed by atoms with Gasteiger partial charge in [0.2, 0.25) is 0 Å². The zero-order chi connectivity index (χ0) is 17.5. The van der Waals surface area contributed by atoms with Crippen LogP contribution in [0.2, 0.25) is 0 Å². The van der Waals surface area contributed by atoms with Gasteiger partial charge in [-0.25, -0.2) is 4.39 Å². The number of aliphatic carboxylic acids is 1. The van der Waals surface area contributed by atoms with Crippen molar-refractivity contribution in [2.24, 2.45) is 5.92 Å². The molecule has 24 heavy (non-hydrogen) atoms. The Morgan fingerprint density at radius 3 is 2.21 bits per heavy atom. The van der Waals surface area contributed by atoms with Gasteiger partial charge in [0, 0.05) is 0 Å². The fourth-order valence-electron chi connectivity index (χ4n) is 2.39. The standard InChI is InChI=1S/C19H21FO4/c1-13(24-12-15-5-9-17(23-2)10-6-15)18(19(21)22)11-14-3-7-16(20)8-4-14/h3-10,13,18H,11-12H2,1-2H3,(H,21,22)/t13-,18-/m0/s1. The molecule has 0 radical (unpaired) electrons. The summed E-state index contributed by atoms with van der Waals surface area (Å²) in [5, 5.41) is 9.45. The van der Waals surface area contributed by atoms with Gasteiger partial charge in [0.05, 0.1) is 25.7 Å². The van der Waals surface area contributed by atoms with E-state index in [1.807, 2.05) is 24.3 Å². The predicted molar refractivity (Wildman–Crippen MR) is 88.5 cm³/mol. The summed E-state index contributed by atoms with van der Waals surface area (Å²) in [4.78, 5) is 11.5. The van der Waals surface area contributed by atoms with Crippen LogP contribution < -0.4 is 4.74 Å². The number of halogens is 1. The molecule has 0 heterocycles. The molecule has 0 unspecified atom stereocenters. The van der Waals surface area contributed by atoms with Crippen LogP contribution in [0.5, 0.6) is 5.75 Å². The molecule has 128 valence electrons. The van der Waals surface area contributed by atoms with E-state index in [0.29, 0.717) is 13.0 Å². The molecule has 0 aliphatic heterocycles. The molecule has 0 saturated carbocycles. The van der Waals surface area contributed by atoms with Crippen LogP contribution in [0.1, 0.15) is 18.1 Å². The summed E-state index contributed by atoms with van der Waals surface area (Å²) in [5.41, 5.74) is 1.71. The zero-order valence-corrected chi connectivity index (χ0v) is 13.7. The van der Waals surface area contributed by atoms with E-state index in [1.54, 1.807) is 26.2 Å². The van der Waals surface area contributed by atoms with Crippen LogP contribution >= 0.6 is 0 Å². The molecule has 0 bridgehead atoms. The molecular formula is C19H21FO4. The lowest BCUT2D eigenvalue weighted by molar-refractivity contribution is -0.147. The van der Waals surface area contributed by atoms with E-state index >= 15 is 0 Å². The fourth-order valence-corrected chi connectivity index (χ4v) is 2.39.